The maximum Gasteiger partial charge on any atom is 0.261 e. The van der Waals surface area contributed by atoms with Crippen molar-refractivity contribution in [1.82, 2.24) is 19.5 Å². The van der Waals surface area contributed by atoms with Gasteiger partial charge in [-0.2, -0.15) is 0 Å². The lowest BCUT2D eigenvalue weighted by molar-refractivity contribution is 0.163. The van der Waals surface area contributed by atoms with Gasteiger partial charge in [0, 0.05) is 6.54 Å². The van der Waals surface area contributed by atoms with Crippen molar-refractivity contribution in [1.29, 1.82) is 0 Å². The van der Waals surface area contributed by atoms with Crippen molar-refractivity contribution in [2.75, 3.05) is 19.0 Å². The van der Waals surface area contributed by atoms with Gasteiger partial charge in [-0.05, 0) is 18.6 Å². The van der Waals surface area contributed by atoms with E-state index >= 15 is 0 Å². The van der Waals surface area contributed by atoms with Crippen LogP contribution in [0.1, 0.15) is 26.2 Å². The van der Waals surface area contributed by atoms with Crippen molar-refractivity contribution in [3.05, 3.63) is 40.8 Å². The van der Waals surface area contributed by atoms with E-state index in [0.717, 1.165) is 25.3 Å². The Bertz CT molecular complexity index is 1090. The Morgan fingerprint density at radius 3 is 2.73 bits per heavy atom. The van der Waals surface area contributed by atoms with Gasteiger partial charge in [0.1, 0.15) is 5.82 Å². The highest BCUT2D eigenvalue weighted by Crippen LogP contribution is 2.28. The summed E-state index contributed by atoms with van der Waals surface area (Å²) in [5.41, 5.74) is -0.0259. The number of anilines is 1. The average Bonchev–Trinajstić information content (AvgIpc) is 2.74. The maximum atomic E-state index is 14.8. The van der Waals surface area contributed by atoms with Gasteiger partial charge in [0.15, 0.2) is 17.4 Å². The van der Waals surface area contributed by atoms with E-state index in [-0.39, 0.29) is 33.9 Å². The van der Waals surface area contributed by atoms with Crippen molar-refractivity contribution in [2.24, 2.45) is 0 Å². The van der Waals surface area contributed by atoms with Gasteiger partial charge in [0.2, 0.25) is 0 Å². The summed E-state index contributed by atoms with van der Waals surface area (Å²) in [5.74, 6) is -0.589. The molecule has 30 heavy (non-hydrogen) atoms. The van der Waals surface area contributed by atoms with Crippen molar-refractivity contribution in [3.63, 3.8) is 0 Å². The molecule has 0 aliphatic rings. The highest BCUT2D eigenvalue weighted by Gasteiger charge is 2.16. The summed E-state index contributed by atoms with van der Waals surface area (Å²) in [6.07, 6.45) is 2.93. The number of alkyl halides is 2. The second-order valence-electron chi connectivity index (χ2n) is 6.68. The monoisotopic (exact) mass is 421 g/mol. The first-order valence-electron chi connectivity index (χ1n) is 9.56. The van der Waals surface area contributed by atoms with E-state index in [1.54, 1.807) is 0 Å². The number of hydrogen-bond donors (Lipinski definition) is 1. The van der Waals surface area contributed by atoms with E-state index in [4.69, 9.17) is 4.74 Å². The third-order valence-electron chi connectivity index (χ3n) is 4.56. The molecule has 0 bridgehead atoms. The number of methoxy groups -OCH3 is 1. The molecule has 2 aromatic heterocycles. The van der Waals surface area contributed by atoms with E-state index in [9.17, 15) is 18.0 Å². The van der Waals surface area contributed by atoms with E-state index in [1.165, 1.54) is 30.3 Å². The summed E-state index contributed by atoms with van der Waals surface area (Å²) in [4.78, 5) is 25.1. The number of unbranched alkanes of at least 4 members (excludes halogenated alkanes) is 2. The van der Waals surface area contributed by atoms with Gasteiger partial charge in [0.25, 0.3) is 12.0 Å². The minimum absolute atomic E-state index is 0.000818. The normalized spacial score (nSPS) is 11.3. The SMILES string of the molecule is CCCCCn1cnc2cc(-c3ncc(OC)c(NCC(F)F)n3)c(F)cc2c1=O. The fraction of sp³-hybridized carbons (Fsp3) is 0.400. The zero-order chi connectivity index (χ0) is 21.7. The first kappa shape index (κ1) is 21.5. The predicted octanol–water partition coefficient (Wildman–Crippen LogP) is 3.87. The van der Waals surface area contributed by atoms with Crippen LogP contribution in [-0.4, -0.2) is 39.6 Å². The van der Waals surface area contributed by atoms with E-state index in [0.29, 0.717) is 12.1 Å². The fourth-order valence-electron chi connectivity index (χ4n) is 2.99. The number of nitrogens with zero attached hydrogens (tertiary/aromatic N) is 4. The molecule has 0 radical (unpaired) electrons. The van der Waals surface area contributed by atoms with Crippen LogP contribution in [-0.2, 0) is 6.54 Å². The zero-order valence-electron chi connectivity index (χ0n) is 16.7. The van der Waals surface area contributed by atoms with E-state index in [1.807, 2.05) is 0 Å². The van der Waals surface area contributed by atoms with Gasteiger partial charge < -0.3 is 10.1 Å². The number of ether oxygens (including phenoxy) is 1. The Morgan fingerprint density at radius 1 is 1.23 bits per heavy atom. The molecule has 0 fully saturated rings. The fourth-order valence-corrected chi connectivity index (χ4v) is 2.99. The highest BCUT2D eigenvalue weighted by molar-refractivity contribution is 5.82. The number of fused-ring (bicyclic) bond motifs is 1. The molecule has 1 N–H and O–H groups in total. The molecule has 0 aliphatic carbocycles. The largest absolute Gasteiger partial charge is 0.491 e. The molecule has 0 saturated heterocycles. The third-order valence-corrected chi connectivity index (χ3v) is 4.56. The molecule has 2 heterocycles. The standard InChI is InChI=1S/C20H22F3N5O2/c1-3-4-5-6-28-11-26-15-8-12(14(21)7-13(15)20(28)29)18-24-9-16(30-2)19(27-18)25-10-17(22)23/h7-9,11,17H,3-6,10H2,1-2H3,(H,24,25,27). The molecule has 0 atom stereocenters. The van der Waals surface area contributed by atoms with Crippen molar-refractivity contribution < 1.29 is 17.9 Å². The molecule has 0 aliphatic heterocycles. The maximum absolute atomic E-state index is 14.8. The van der Waals surface area contributed by atoms with Crippen LogP contribution in [0, 0.1) is 5.82 Å². The highest BCUT2D eigenvalue weighted by atomic mass is 19.3. The van der Waals surface area contributed by atoms with Gasteiger partial charge in [-0.1, -0.05) is 19.8 Å². The van der Waals surface area contributed by atoms with Gasteiger partial charge >= 0.3 is 0 Å². The van der Waals surface area contributed by atoms with Crippen LogP contribution in [0.25, 0.3) is 22.3 Å². The molecule has 0 amide bonds. The lowest BCUT2D eigenvalue weighted by atomic mass is 10.1. The van der Waals surface area contributed by atoms with Crippen LogP contribution in [0.4, 0.5) is 19.0 Å². The predicted molar refractivity (Wildman–Crippen MR) is 108 cm³/mol. The second-order valence-corrected chi connectivity index (χ2v) is 6.68. The molecule has 3 aromatic rings. The van der Waals surface area contributed by atoms with Crippen molar-refractivity contribution >= 4 is 16.7 Å². The Balaban J connectivity index is 2.00. The number of hydrogen-bond acceptors (Lipinski definition) is 6. The summed E-state index contributed by atoms with van der Waals surface area (Å²) < 4.78 is 46.4. The van der Waals surface area contributed by atoms with Crippen LogP contribution in [0.5, 0.6) is 5.75 Å². The van der Waals surface area contributed by atoms with Gasteiger partial charge in [-0.25, -0.2) is 28.1 Å². The molecule has 10 heteroatoms. The Kier molecular flexibility index (Phi) is 6.86. The summed E-state index contributed by atoms with van der Waals surface area (Å²) in [6.45, 7) is 1.93. The number of nitrogens with one attached hydrogen (secondary N) is 1. The molecular formula is C20H22F3N5O2. The number of rotatable bonds is 9. The number of benzene rings is 1. The Morgan fingerprint density at radius 2 is 2.03 bits per heavy atom. The summed E-state index contributed by atoms with van der Waals surface area (Å²) in [7, 11) is 1.35. The summed E-state index contributed by atoms with van der Waals surface area (Å²) in [5, 5.41) is 2.61. The van der Waals surface area contributed by atoms with Crippen LogP contribution >= 0.6 is 0 Å². The second kappa shape index (κ2) is 9.55. The topological polar surface area (TPSA) is 81.9 Å². The van der Waals surface area contributed by atoms with Crippen molar-refractivity contribution in [3.8, 4) is 17.1 Å². The molecule has 160 valence electrons. The van der Waals surface area contributed by atoms with E-state index < -0.39 is 18.8 Å². The molecule has 1 aromatic carbocycles. The quantitative estimate of drug-likeness (QED) is 0.528. The van der Waals surface area contributed by atoms with Gasteiger partial charge in [-0.3, -0.25) is 9.36 Å². The third kappa shape index (κ3) is 4.69. The van der Waals surface area contributed by atoms with E-state index in [2.05, 4.69) is 27.2 Å². The molecule has 7 nitrogen and oxygen atoms in total. The number of halogens is 3. The minimum atomic E-state index is -2.60. The Labute approximate surface area is 170 Å². The van der Waals surface area contributed by atoms with Crippen LogP contribution < -0.4 is 15.6 Å². The minimum Gasteiger partial charge on any atom is -0.491 e. The summed E-state index contributed by atoms with van der Waals surface area (Å²) in [6, 6.07) is 2.48. The van der Waals surface area contributed by atoms with Gasteiger partial charge in [-0.15, -0.1) is 0 Å². The first-order chi connectivity index (χ1) is 14.4. The number of aryl methyl sites for hydroxylation is 1. The van der Waals surface area contributed by atoms with Gasteiger partial charge in [0.05, 0.1) is 42.6 Å². The average molecular weight is 421 g/mol. The number of aromatic nitrogens is 4. The molecule has 0 unspecified atom stereocenters. The molecular weight excluding hydrogens is 399 g/mol. The smallest absolute Gasteiger partial charge is 0.261 e. The first-order valence-corrected chi connectivity index (χ1v) is 9.56. The van der Waals surface area contributed by atoms with Crippen LogP contribution in [0.15, 0.2) is 29.5 Å². The molecule has 3 rings (SSSR count). The zero-order valence-corrected chi connectivity index (χ0v) is 16.7. The van der Waals surface area contributed by atoms with Crippen LogP contribution in [0.3, 0.4) is 0 Å². The Hall–Kier alpha value is -3.17. The molecule has 0 spiro atoms. The summed E-state index contributed by atoms with van der Waals surface area (Å²) >= 11 is 0. The lowest BCUT2D eigenvalue weighted by Gasteiger charge is -2.12. The van der Waals surface area contributed by atoms with Crippen LogP contribution in [0.2, 0.25) is 0 Å². The van der Waals surface area contributed by atoms with Crippen molar-refractivity contribution in [2.45, 2.75) is 39.2 Å². The lowest BCUT2D eigenvalue weighted by Crippen LogP contribution is -2.21. The molecule has 0 saturated carbocycles.